The van der Waals surface area contributed by atoms with Crippen LogP contribution in [-0.4, -0.2) is 34.6 Å². The smallest absolute Gasteiger partial charge is 0.352 e. The van der Waals surface area contributed by atoms with E-state index in [1.807, 2.05) is 0 Å². The first-order valence-corrected chi connectivity index (χ1v) is 10.3. The summed E-state index contributed by atoms with van der Waals surface area (Å²) < 4.78 is 38.5. The third-order valence-corrected chi connectivity index (χ3v) is 5.70. The second kappa shape index (κ2) is 8.68. The van der Waals surface area contributed by atoms with Crippen LogP contribution >= 0.6 is 0 Å². The van der Waals surface area contributed by atoms with Gasteiger partial charge in [-0.1, -0.05) is 24.3 Å². The van der Waals surface area contributed by atoms with Crippen LogP contribution in [0.2, 0.25) is 0 Å². The zero-order valence-corrected chi connectivity index (χ0v) is 17.4. The van der Waals surface area contributed by atoms with Gasteiger partial charge in [-0.15, -0.1) is 0 Å². The topological polar surface area (TPSA) is 95.6 Å². The zero-order valence-electron chi connectivity index (χ0n) is 17.4. The van der Waals surface area contributed by atoms with Crippen LogP contribution in [0.3, 0.4) is 0 Å². The van der Waals surface area contributed by atoms with Crippen molar-refractivity contribution in [2.45, 2.75) is 44.6 Å². The largest absolute Gasteiger partial charge is 0.416 e. The molecule has 2 aliphatic heterocycles. The van der Waals surface area contributed by atoms with Crippen molar-refractivity contribution in [3.63, 3.8) is 0 Å². The van der Waals surface area contributed by atoms with E-state index < -0.39 is 23.7 Å². The Balaban J connectivity index is 1.38. The minimum atomic E-state index is -4.45. The Labute approximate surface area is 186 Å². The molecule has 2 aromatic rings. The molecule has 1 atom stereocenters. The van der Waals surface area contributed by atoms with Crippen molar-refractivity contribution in [3.05, 3.63) is 70.3 Å². The van der Waals surface area contributed by atoms with Crippen LogP contribution in [0, 0.1) is 0 Å². The number of carbonyl (C=O) groups is 4. The van der Waals surface area contributed by atoms with Crippen molar-refractivity contribution in [1.29, 1.82) is 0 Å². The fourth-order valence-corrected chi connectivity index (χ4v) is 4.04. The number of alkyl halides is 3. The van der Waals surface area contributed by atoms with Crippen LogP contribution in [0.5, 0.6) is 0 Å². The van der Waals surface area contributed by atoms with Crippen molar-refractivity contribution in [3.8, 4) is 0 Å². The van der Waals surface area contributed by atoms with E-state index in [-0.39, 0.29) is 50.1 Å². The van der Waals surface area contributed by atoms with Gasteiger partial charge in [-0.05, 0) is 41.3 Å². The van der Waals surface area contributed by atoms with Crippen LogP contribution in [0.15, 0.2) is 42.5 Å². The number of halogens is 3. The van der Waals surface area contributed by atoms with E-state index in [0.717, 1.165) is 12.1 Å². The number of hydrogen-bond acceptors (Lipinski definition) is 4. The van der Waals surface area contributed by atoms with Crippen LogP contribution in [0.1, 0.15) is 45.5 Å². The molecule has 10 heteroatoms. The van der Waals surface area contributed by atoms with E-state index in [1.54, 1.807) is 18.2 Å². The number of hydrogen-bond donors (Lipinski definition) is 2. The number of carbonyl (C=O) groups excluding carboxylic acids is 4. The van der Waals surface area contributed by atoms with Crippen LogP contribution < -0.4 is 10.6 Å². The summed E-state index contributed by atoms with van der Waals surface area (Å²) in [4.78, 5) is 49.9. The number of imide groups is 1. The van der Waals surface area contributed by atoms with Gasteiger partial charge in [0.15, 0.2) is 0 Å². The molecule has 1 unspecified atom stereocenters. The lowest BCUT2D eigenvalue weighted by Gasteiger charge is -2.29. The van der Waals surface area contributed by atoms with Crippen LogP contribution in [-0.2, 0) is 40.1 Å². The molecule has 1 saturated heterocycles. The van der Waals surface area contributed by atoms with Gasteiger partial charge in [-0.3, -0.25) is 24.5 Å². The molecular formula is C23H20F3N3O4. The van der Waals surface area contributed by atoms with Gasteiger partial charge in [0.25, 0.3) is 5.91 Å². The SMILES string of the molecule is O=C(Cc1ccc2c(c1)CN(C1CCC(=O)NC1=O)C2=O)NCc1cccc(C(F)(F)F)c1. The van der Waals surface area contributed by atoms with E-state index in [0.29, 0.717) is 22.3 Å². The normalized spacial score (nSPS) is 18.2. The Morgan fingerprint density at radius 1 is 1.09 bits per heavy atom. The molecule has 1 fully saturated rings. The molecule has 0 bridgehead atoms. The number of piperidine rings is 1. The van der Waals surface area contributed by atoms with Gasteiger partial charge in [-0.2, -0.15) is 13.2 Å². The lowest BCUT2D eigenvalue weighted by Crippen LogP contribution is -2.52. The molecule has 33 heavy (non-hydrogen) atoms. The lowest BCUT2D eigenvalue weighted by molar-refractivity contribution is -0.138. The average Bonchev–Trinajstić information content (AvgIpc) is 3.07. The molecule has 2 heterocycles. The molecule has 0 saturated carbocycles. The molecule has 0 aromatic heterocycles. The summed E-state index contributed by atoms with van der Waals surface area (Å²) in [5.74, 6) is -1.54. The minimum absolute atomic E-state index is 0.0150. The fraction of sp³-hybridized carbons (Fsp3) is 0.304. The van der Waals surface area contributed by atoms with Crippen molar-refractivity contribution in [2.75, 3.05) is 0 Å². The maximum atomic E-state index is 12.8. The maximum Gasteiger partial charge on any atom is 0.416 e. The zero-order chi connectivity index (χ0) is 23.8. The first-order chi connectivity index (χ1) is 15.6. The van der Waals surface area contributed by atoms with Gasteiger partial charge in [0.1, 0.15) is 6.04 Å². The highest BCUT2D eigenvalue weighted by molar-refractivity contribution is 6.05. The molecule has 2 aliphatic rings. The fourth-order valence-electron chi connectivity index (χ4n) is 4.04. The van der Waals surface area contributed by atoms with Gasteiger partial charge in [0, 0.05) is 25.1 Å². The van der Waals surface area contributed by atoms with Crippen LogP contribution in [0.25, 0.3) is 0 Å². The summed E-state index contributed by atoms with van der Waals surface area (Å²) >= 11 is 0. The monoisotopic (exact) mass is 459 g/mol. The molecule has 0 radical (unpaired) electrons. The number of nitrogens with zero attached hydrogens (tertiary/aromatic N) is 1. The predicted molar refractivity (Wildman–Crippen MR) is 109 cm³/mol. The van der Waals surface area contributed by atoms with E-state index in [1.165, 1.54) is 17.0 Å². The van der Waals surface area contributed by atoms with Gasteiger partial charge >= 0.3 is 6.18 Å². The lowest BCUT2D eigenvalue weighted by atomic mass is 10.0. The van der Waals surface area contributed by atoms with E-state index in [4.69, 9.17) is 0 Å². The maximum absolute atomic E-state index is 12.8. The van der Waals surface area contributed by atoms with Crippen LogP contribution in [0.4, 0.5) is 13.2 Å². The van der Waals surface area contributed by atoms with Gasteiger partial charge in [-0.25, -0.2) is 0 Å². The number of nitrogens with one attached hydrogen (secondary N) is 2. The Morgan fingerprint density at radius 3 is 2.61 bits per heavy atom. The Kier molecular flexibility index (Phi) is 5.92. The highest BCUT2D eigenvalue weighted by Crippen LogP contribution is 2.30. The summed E-state index contributed by atoms with van der Waals surface area (Å²) in [6, 6.07) is 8.97. The first kappa shape index (κ1) is 22.5. The van der Waals surface area contributed by atoms with Crippen molar-refractivity contribution >= 4 is 23.6 Å². The third-order valence-electron chi connectivity index (χ3n) is 5.70. The van der Waals surface area contributed by atoms with Crippen molar-refractivity contribution in [1.82, 2.24) is 15.5 Å². The van der Waals surface area contributed by atoms with Gasteiger partial charge in [0.2, 0.25) is 17.7 Å². The van der Waals surface area contributed by atoms with E-state index in [9.17, 15) is 32.3 Å². The molecule has 0 spiro atoms. The Hall–Kier alpha value is -3.69. The van der Waals surface area contributed by atoms with Gasteiger partial charge in [0.05, 0.1) is 12.0 Å². The number of benzene rings is 2. The highest BCUT2D eigenvalue weighted by Gasteiger charge is 2.39. The molecule has 2 aromatic carbocycles. The van der Waals surface area contributed by atoms with Crippen molar-refractivity contribution in [2.24, 2.45) is 0 Å². The minimum Gasteiger partial charge on any atom is -0.352 e. The predicted octanol–water partition coefficient (Wildman–Crippen LogP) is 2.33. The quantitative estimate of drug-likeness (QED) is 0.671. The summed E-state index contributed by atoms with van der Waals surface area (Å²) in [5.41, 5.74) is 1.30. The summed E-state index contributed by atoms with van der Waals surface area (Å²) in [7, 11) is 0. The summed E-state index contributed by atoms with van der Waals surface area (Å²) in [6.07, 6.45) is -4.05. The first-order valence-electron chi connectivity index (χ1n) is 10.3. The third kappa shape index (κ3) is 4.89. The highest BCUT2D eigenvalue weighted by atomic mass is 19.4. The van der Waals surface area contributed by atoms with Crippen molar-refractivity contribution < 1.29 is 32.3 Å². The molecular weight excluding hydrogens is 439 g/mol. The average molecular weight is 459 g/mol. The Morgan fingerprint density at radius 2 is 1.88 bits per heavy atom. The van der Waals surface area contributed by atoms with E-state index in [2.05, 4.69) is 10.6 Å². The number of rotatable bonds is 5. The molecule has 7 nitrogen and oxygen atoms in total. The van der Waals surface area contributed by atoms with E-state index >= 15 is 0 Å². The molecule has 2 N–H and O–H groups in total. The Bertz CT molecular complexity index is 1150. The molecule has 4 amide bonds. The standard InChI is InChI=1S/C23H20F3N3O4/c24-23(25,26)16-3-1-2-14(9-16)11-27-20(31)10-13-4-5-17-15(8-13)12-29(22(17)33)18-6-7-19(30)28-21(18)32/h1-5,8-9,18H,6-7,10-12H2,(H,27,31)(H,28,30,32). The molecule has 172 valence electrons. The summed E-state index contributed by atoms with van der Waals surface area (Å²) in [6.45, 7) is 0.148. The summed E-state index contributed by atoms with van der Waals surface area (Å²) in [5, 5.41) is 4.85. The molecule has 4 rings (SSSR count). The second-order valence-corrected chi connectivity index (χ2v) is 8.04. The number of amides is 4. The molecule has 0 aliphatic carbocycles. The number of fused-ring (bicyclic) bond motifs is 1. The second-order valence-electron chi connectivity index (χ2n) is 8.04. The van der Waals surface area contributed by atoms with Gasteiger partial charge < -0.3 is 10.2 Å².